The Morgan fingerprint density at radius 3 is 1.81 bits per heavy atom. The van der Waals surface area contributed by atoms with Crippen molar-refractivity contribution < 1.29 is 10.2 Å². The van der Waals surface area contributed by atoms with Crippen LogP contribution in [0.4, 0.5) is 0 Å². The fourth-order valence-electron chi connectivity index (χ4n) is 2.54. The quantitative estimate of drug-likeness (QED) is 0.672. The van der Waals surface area contributed by atoms with Gasteiger partial charge in [-0.3, -0.25) is 0 Å². The van der Waals surface area contributed by atoms with Gasteiger partial charge in [0.25, 0.3) is 0 Å². The van der Waals surface area contributed by atoms with Gasteiger partial charge in [-0.15, -0.1) is 0 Å². The van der Waals surface area contributed by atoms with Gasteiger partial charge in [0.1, 0.15) is 0 Å². The van der Waals surface area contributed by atoms with Crippen LogP contribution in [0.5, 0.6) is 0 Å². The first-order valence-electron chi connectivity index (χ1n) is 6.51. The Kier molecular flexibility index (Phi) is 6.57. The van der Waals surface area contributed by atoms with Gasteiger partial charge >= 0.3 is 0 Å². The average Bonchev–Trinajstić information content (AvgIpc) is 2.13. The van der Waals surface area contributed by atoms with E-state index in [0.29, 0.717) is 5.92 Å². The molecule has 0 heterocycles. The molecule has 0 spiro atoms. The summed E-state index contributed by atoms with van der Waals surface area (Å²) >= 11 is 0. The van der Waals surface area contributed by atoms with E-state index in [1.165, 1.54) is 0 Å². The van der Waals surface area contributed by atoms with Crippen LogP contribution in [0.3, 0.4) is 0 Å². The lowest BCUT2D eigenvalue weighted by Crippen LogP contribution is -2.30. The van der Waals surface area contributed by atoms with E-state index >= 15 is 0 Å². The normalized spacial score (nSPS) is 15.2. The van der Waals surface area contributed by atoms with Gasteiger partial charge in [-0.05, 0) is 36.0 Å². The van der Waals surface area contributed by atoms with E-state index < -0.39 is 0 Å². The van der Waals surface area contributed by atoms with Crippen LogP contribution in [-0.2, 0) is 0 Å². The molecule has 2 N–H and O–H groups in total. The average molecular weight is 230 g/mol. The minimum atomic E-state index is 0.191. The summed E-state index contributed by atoms with van der Waals surface area (Å²) in [5.74, 6) is 0.612. The van der Waals surface area contributed by atoms with Crippen LogP contribution < -0.4 is 0 Å². The van der Waals surface area contributed by atoms with Crippen LogP contribution in [-0.4, -0.2) is 23.4 Å². The third-order valence-electron chi connectivity index (χ3n) is 3.94. The Morgan fingerprint density at radius 2 is 1.44 bits per heavy atom. The summed E-state index contributed by atoms with van der Waals surface area (Å²) in [6.45, 7) is 11.7. The molecule has 0 aromatic rings. The first-order chi connectivity index (χ1) is 7.29. The second-order valence-corrected chi connectivity index (χ2v) is 6.41. The predicted molar refractivity (Wildman–Crippen MR) is 69.4 cm³/mol. The zero-order chi connectivity index (χ0) is 12.8. The highest BCUT2D eigenvalue weighted by Crippen LogP contribution is 2.41. The molecule has 0 saturated heterocycles. The Bertz CT molecular complexity index is 185. The maximum absolute atomic E-state index is 9.11. The maximum Gasteiger partial charge on any atom is 0.0436 e. The minimum absolute atomic E-state index is 0.191. The SMILES string of the molecule is CCC(CC(C)(C)CCO)C(C)(C)CCO. The first-order valence-corrected chi connectivity index (χ1v) is 6.51. The van der Waals surface area contributed by atoms with Gasteiger partial charge in [0.05, 0.1) is 0 Å². The lowest BCUT2D eigenvalue weighted by Gasteiger charge is -2.38. The molecule has 0 aliphatic heterocycles. The van der Waals surface area contributed by atoms with Crippen LogP contribution in [0.25, 0.3) is 0 Å². The smallest absolute Gasteiger partial charge is 0.0436 e. The van der Waals surface area contributed by atoms with Gasteiger partial charge in [-0.1, -0.05) is 41.0 Å². The Balaban J connectivity index is 4.50. The molecule has 0 bridgehead atoms. The van der Waals surface area contributed by atoms with Gasteiger partial charge in [0, 0.05) is 13.2 Å². The van der Waals surface area contributed by atoms with Crippen molar-refractivity contribution in [2.45, 2.75) is 60.3 Å². The van der Waals surface area contributed by atoms with Crippen LogP contribution >= 0.6 is 0 Å². The minimum Gasteiger partial charge on any atom is -0.396 e. The Morgan fingerprint density at radius 1 is 0.938 bits per heavy atom. The summed E-state index contributed by atoms with van der Waals surface area (Å²) in [6.07, 6.45) is 3.98. The highest BCUT2D eigenvalue weighted by molar-refractivity contribution is 4.82. The van der Waals surface area contributed by atoms with Crippen molar-refractivity contribution in [3.8, 4) is 0 Å². The molecule has 2 nitrogen and oxygen atoms in total. The molecular formula is C14H30O2. The maximum atomic E-state index is 9.11. The predicted octanol–water partition coefficient (Wildman–Crippen LogP) is 3.22. The van der Waals surface area contributed by atoms with Crippen molar-refractivity contribution >= 4 is 0 Å². The fraction of sp³-hybridized carbons (Fsp3) is 1.00. The van der Waals surface area contributed by atoms with Gasteiger partial charge in [0.2, 0.25) is 0 Å². The number of rotatable bonds is 8. The van der Waals surface area contributed by atoms with Crippen molar-refractivity contribution in [3.63, 3.8) is 0 Å². The van der Waals surface area contributed by atoms with Crippen molar-refractivity contribution in [2.24, 2.45) is 16.7 Å². The molecule has 16 heavy (non-hydrogen) atoms. The zero-order valence-electron chi connectivity index (χ0n) is 11.7. The summed E-state index contributed by atoms with van der Waals surface area (Å²) in [7, 11) is 0. The van der Waals surface area contributed by atoms with Crippen molar-refractivity contribution in [1.29, 1.82) is 0 Å². The molecule has 0 aliphatic carbocycles. The van der Waals surface area contributed by atoms with Gasteiger partial charge < -0.3 is 10.2 Å². The third kappa shape index (κ3) is 5.31. The van der Waals surface area contributed by atoms with Crippen LogP contribution in [0, 0.1) is 16.7 Å². The molecule has 0 amide bonds. The third-order valence-corrected chi connectivity index (χ3v) is 3.94. The second-order valence-electron chi connectivity index (χ2n) is 6.41. The standard InChI is InChI=1S/C14H30O2/c1-6-12(14(4,5)8-10-16)11-13(2,3)7-9-15/h12,15-16H,6-11H2,1-5H3. The molecule has 0 saturated carbocycles. The van der Waals surface area contributed by atoms with Gasteiger partial charge in [-0.2, -0.15) is 0 Å². The monoisotopic (exact) mass is 230 g/mol. The summed E-state index contributed by atoms with van der Waals surface area (Å²) < 4.78 is 0. The second kappa shape index (κ2) is 6.61. The summed E-state index contributed by atoms with van der Waals surface area (Å²) in [5, 5.41) is 18.2. The topological polar surface area (TPSA) is 40.5 Å². The van der Waals surface area contributed by atoms with Gasteiger partial charge in [-0.25, -0.2) is 0 Å². The Labute approximate surface area is 101 Å². The summed E-state index contributed by atoms with van der Waals surface area (Å²) in [6, 6.07) is 0. The van der Waals surface area contributed by atoms with E-state index in [9.17, 15) is 0 Å². The van der Waals surface area contributed by atoms with Crippen LogP contribution in [0.15, 0.2) is 0 Å². The first kappa shape index (κ1) is 15.9. The molecule has 0 aliphatic rings. The molecule has 0 aromatic carbocycles. The number of hydrogen-bond donors (Lipinski definition) is 2. The van der Waals surface area contributed by atoms with Crippen molar-refractivity contribution in [2.75, 3.05) is 13.2 Å². The molecule has 1 atom stereocenters. The van der Waals surface area contributed by atoms with E-state index in [1.807, 2.05) is 0 Å². The molecular weight excluding hydrogens is 200 g/mol. The van der Waals surface area contributed by atoms with Crippen LogP contribution in [0.2, 0.25) is 0 Å². The van der Waals surface area contributed by atoms with Crippen molar-refractivity contribution in [3.05, 3.63) is 0 Å². The van der Waals surface area contributed by atoms with E-state index in [0.717, 1.165) is 25.7 Å². The molecule has 98 valence electrons. The number of aliphatic hydroxyl groups is 2. The molecule has 0 rings (SSSR count). The number of hydrogen-bond acceptors (Lipinski definition) is 2. The molecule has 0 fully saturated rings. The largest absolute Gasteiger partial charge is 0.396 e. The van der Waals surface area contributed by atoms with E-state index in [1.54, 1.807) is 0 Å². The molecule has 0 radical (unpaired) electrons. The lowest BCUT2D eigenvalue weighted by atomic mass is 9.67. The zero-order valence-corrected chi connectivity index (χ0v) is 11.7. The molecule has 0 aromatic heterocycles. The fourth-order valence-corrected chi connectivity index (χ4v) is 2.54. The molecule has 2 heteroatoms. The van der Waals surface area contributed by atoms with E-state index in [-0.39, 0.29) is 24.0 Å². The van der Waals surface area contributed by atoms with Crippen molar-refractivity contribution in [1.82, 2.24) is 0 Å². The highest BCUT2D eigenvalue weighted by Gasteiger charge is 2.32. The Hall–Kier alpha value is -0.0800. The molecule has 1 unspecified atom stereocenters. The van der Waals surface area contributed by atoms with E-state index in [2.05, 4.69) is 34.6 Å². The van der Waals surface area contributed by atoms with E-state index in [4.69, 9.17) is 10.2 Å². The summed E-state index contributed by atoms with van der Waals surface area (Å²) in [5.41, 5.74) is 0.387. The number of aliphatic hydroxyl groups excluding tert-OH is 2. The van der Waals surface area contributed by atoms with Gasteiger partial charge in [0.15, 0.2) is 0 Å². The summed E-state index contributed by atoms with van der Waals surface area (Å²) in [4.78, 5) is 0. The van der Waals surface area contributed by atoms with Crippen LogP contribution in [0.1, 0.15) is 60.3 Å². The highest BCUT2D eigenvalue weighted by atomic mass is 16.3. The lowest BCUT2D eigenvalue weighted by molar-refractivity contribution is 0.0872.